The molecular formula is C22H32N4O2. The van der Waals surface area contributed by atoms with Gasteiger partial charge in [-0.3, -0.25) is 9.79 Å². The maximum Gasteiger partial charge on any atom is 0.251 e. The van der Waals surface area contributed by atoms with Crippen molar-refractivity contribution in [1.82, 2.24) is 16.0 Å². The predicted molar refractivity (Wildman–Crippen MR) is 111 cm³/mol. The number of carbonyl (C=O) groups is 1. The van der Waals surface area contributed by atoms with E-state index in [-0.39, 0.29) is 5.91 Å². The van der Waals surface area contributed by atoms with Gasteiger partial charge in [0, 0.05) is 49.7 Å². The first kappa shape index (κ1) is 19.2. The summed E-state index contributed by atoms with van der Waals surface area (Å²) in [5, 5.41) is 9.82. The van der Waals surface area contributed by atoms with Crippen molar-refractivity contribution in [3.05, 3.63) is 35.4 Å². The molecule has 3 N–H and O–H groups in total. The van der Waals surface area contributed by atoms with Gasteiger partial charge in [-0.05, 0) is 50.3 Å². The third-order valence-corrected chi connectivity index (χ3v) is 6.76. The van der Waals surface area contributed by atoms with Crippen molar-refractivity contribution in [2.45, 2.75) is 51.2 Å². The Balaban J connectivity index is 1.38. The molecule has 0 bridgehead atoms. The summed E-state index contributed by atoms with van der Waals surface area (Å²) >= 11 is 0. The number of amides is 1. The van der Waals surface area contributed by atoms with Crippen LogP contribution in [0.25, 0.3) is 0 Å². The Morgan fingerprint density at radius 3 is 2.93 bits per heavy atom. The molecule has 1 aromatic carbocycles. The second-order valence-corrected chi connectivity index (χ2v) is 8.24. The molecule has 0 radical (unpaired) electrons. The minimum Gasteiger partial charge on any atom is -0.377 e. The molecule has 6 heteroatoms. The summed E-state index contributed by atoms with van der Waals surface area (Å²) in [6, 6.07) is 8.26. The Labute approximate surface area is 167 Å². The van der Waals surface area contributed by atoms with Gasteiger partial charge in [-0.25, -0.2) is 0 Å². The molecule has 2 aliphatic carbocycles. The fourth-order valence-electron chi connectivity index (χ4n) is 5.23. The van der Waals surface area contributed by atoms with Crippen molar-refractivity contribution in [1.29, 1.82) is 0 Å². The summed E-state index contributed by atoms with van der Waals surface area (Å²) in [5.41, 5.74) is 2.17. The fraction of sp³-hybridized carbons (Fsp3) is 0.636. The van der Waals surface area contributed by atoms with Crippen LogP contribution in [0.5, 0.6) is 0 Å². The average Bonchev–Trinajstić information content (AvgIpc) is 3.09. The normalized spacial score (nSPS) is 27.5. The monoisotopic (exact) mass is 384 g/mol. The van der Waals surface area contributed by atoms with Crippen molar-refractivity contribution < 1.29 is 9.53 Å². The number of nitrogens with one attached hydrogen (secondary N) is 3. The summed E-state index contributed by atoms with van der Waals surface area (Å²) in [6.45, 7) is 4.55. The Morgan fingerprint density at radius 2 is 2.21 bits per heavy atom. The maximum absolute atomic E-state index is 11.8. The second-order valence-electron chi connectivity index (χ2n) is 8.24. The van der Waals surface area contributed by atoms with E-state index < -0.39 is 0 Å². The summed E-state index contributed by atoms with van der Waals surface area (Å²) in [6.07, 6.45) is 6.31. The number of nitrogens with zero attached hydrogens (tertiary/aromatic N) is 1. The number of fused-ring (bicyclic) bond motifs is 2. The van der Waals surface area contributed by atoms with Crippen molar-refractivity contribution in [3.8, 4) is 0 Å². The molecule has 3 atom stereocenters. The topological polar surface area (TPSA) is 74.8 Å². The zero-order valence-corrected chi connectivity index (χ0v) is 17.0. The van der Waals surface area contributed by atoms with Crippen LogP contribution in [-0.4, -0.2) is 50.8 Å². The third-order valence-electron chi connectivity index (χ3n) is 6.76. The molecule has 1 aromatic rings. The molecule has 4 rings (SSSR count). The second kappa shape index (κ2) is 8.11. The molecule has 0 aromatic heterocycles. The highest BCUT2D eigenvalue weighted by Crippen LogP contribution is 2.62. The van der Waals surface area contributed by atoms with Crippen LogP contribution in [0, 0.1) is 11.3 Å². The highest BCUT2D eigenvalue weighted by atomic mass is 16.5. The van der Waals surface area contributed by atoms with E-state index >= 15 is 0 Å². The molecule has 1 aliphatic heterocycles. The van der Waals surface area contributed by atoms with E-state index in [0.29, 0.717) is 35.6 Å². The molecule has 1 saturated heterocycles. The molecule has 3 fully saturated rings. The minimum atomic E-state index is -0.0514. The van der Waals surface area contributed by atoms with E-state index in [9.17, 15) is 4.79 Å². The van der Waals surface area contributed by atoms with Gasteiger partial charge in [0.25, 0.3) is 5.91 Å². The number of hydrogen-bond acceptors (Lipinski definition) is 3. The van der Waals surface area contributed by atoms with E-state index in [2.05, 4.69) is 28.9 Å². The molecule has 28 heavy (non-hydrogen) atoms. The summed E-state index contributed by atoms with van der Waals surface area (Å²) in [4.78, 5) is 16.6. The molecule has 1 heterocycles. The van der Waals surface area contributed by atoms with Gasteiger partial charge in [-0.1, -0.05) is 18.6 Å². The van der Waals surface area contributed by atoms with Crippen LogP contribution in [-0.2, 0) is 11.2 Å². The number of carbonyl (C=O) groups excluding carboxylic acids is 1. The highest BCUT2D eigenvalue weighted by molar-refractivity contribution is 5.94. The van der Waals surface area contributed by atoms with Crippen LogP contribution in [0.15, 0.2) is 29.3 Å². The molecule has 152 valence electrons. The first-order valence-electron chi connectivity index (χ1n) is 10.7. The molecule has 1 spiro atoms. The van der Waals surface area contributed by atoms with Crippen LogP contribution in [0.2, 0.25) is 0 Å². The summed E-state index contributed by atoms with van der Waals surface area (Å²) < 4.78 is 6.03. The van der Waals surface area contributed by atoms with Gasteiger partial charge < -0.3 is 20.7 Å². The zero-order valence-electron chi connectivity index (χ0n) is 17.0. The number of rotatable bonds is 6. The van der Waals surface area contributed by atoms with E-state index in [1.54, 1.807) is 7.05 Å². The standard InChI is InChI=1S/C22H32N4O2/c1-3-24-21(25-12-8-15-6-4-7-16(14-15)20(27)23-2)26-18-17-9-13-28-19(17)22(18)10-5-11-22/h4,6-7,14,17-19H,3,5,8-13H2,1-2H3,(H,23,27)(H2,24,25,26). The summed E-state index contributed by atoms with van der Waals surface area (Å²) in [5.74, 6) is 1.49. The van der Waals surface area contributed by atoms with Gasteiger partial charge in [0.1, 0.15) is 0 Å². The number of guanidine groups is 1. The van der Waals surface area contributed by atoms with Crippen molar-refractivity contribution in [3.63, 3.8) is 0 Å². The fourth-order valence-corrected chi connectivity index (χ4v) is 5.23. The van der Waals surface area contributed by atoms with Gasteiger partial charge in [0.15, 0.2) is 5.96 Å². The Bertz CT molecular complexity index is 744. The van der Waals surface area contributed by atoms with Crippen molar-refractivity contribution >= 4 is 11.9 Å². The van der Waals surface area contributed by atoms with E-state index in [1.165, 1.54) is 19.3 Å². The van der Waals surface area contributed by atoms with Gasteiger partial charge in [-0.2, -0.15) is 0 Å². The predicted octanol–water partition coefficient (Wildman–Crippen LogP) is 2.10. The SMILES string of the molecule is CCNC(=NCCc1cccc(C(=O)NC)c1)NC1C2CCOC2C12CCC2. The van der Waals surface area contributed by atoms with E-state index in [0.717, 1.165) is 37.5 Å². The van der Waals surface area contributed by atoms with Crippen LogP contribution < -0.4 is 16.0 Å². The quantitative estimate of drug-likeness (QED) is 0.519. The van der Waals surface area contributed by atoms with Crippen molar-refractivity contribution in [2.75, 3.05) is 26.7 Å². The van der Waals surface area contributed by atoms with Gasteiger partial charge in [-0.15, -0.1) is 0 Å². The molecule has 3 unspecified atom stereocenters. The smallest absolute Gasteiger partial charge is 0.251 e. The van der Waals surface area contributed by atoms with Crippen LogP contribution in [0.1, 0.15) is 48.5 Å². The maximum atomic E-state index is 11.8. The highest BCUT2D eigenvalue weighted by Gasteiger charge is 2.66. The lowest BCUT2D eigenvalue weighted by Crippen LogP contribution is -2.72. The van der Waals surface area contributed by atoms with Crippen LogP contribution >= 0.6 is 0 Å². The van der Waals surface area contributed by atoms with Gasteiger partial charge in [0.05, 0.1) is 6.10 Å². The molecule has 6 nitrogen and oxygen atoms in total. The van der Waals surface area contributed by atoms with E-state index in [1.807, 2.05) is 18.2 Å². The number of ether oxygens (including phenoxy) is 1. The number of aliphatic imine (C=N–C) groups is 1. The van der Waals surface area contributed by atoms with Crippen LogP contribution in [0.3, 0.4) is 0 Å². The zero-order chi connectivity index (χ0) is 19.6. The number of hydrogen-bond donors (Lipinski definition) is 3. The van der Waals surface area contributed by atoms with Crippen LogP contribution in [0.4, 0.5) is 0 Å². The summed E-state index contributed by atoms with van der Waals surface area (Å²) in [7, 11) is 1.66. The van der Waals surface area contributed by atoms with Gasteiger partial charge in [0.2, 0.25) is 0 Å². The third kappa shape index (κ3) is 3.39. The first-order chi connectivity index (χ1) is 13.7. The lowest BCUT2D eigenvalue weighted by molar-refractivity contribution is -0.171. The molecule has 2 saturated carbocycles. The average molecular weight is 385 g/mol. The Hall–Kier alpha value is -2.08. The van der Waals surface area contributed by atoms with Crippen molar-refractivity contribution in [2.24, 2.45) is 16.3 Å². The largest absolute Gasteiger partial charge is 0.377 e. The molecule has 1 amide bonds. The van der Waals surface area contributed by atoms with E-state index in [4.69, 9.17) is 9.73 Å². The lowest BCUT2D eigenvalue weighted by atomic mass is 9.46. The first-order valence-corrected chi connectivity index (χ1v) is 10.7. The molecular weight excluding hydrogens is 352 g/mol. The Kier molecular flexibility index (Phi) is 5.58. The number of benzene rings is 1. The lowest BCUT2D eigenvalue weighted by Gasteiger charge is -2.63. The van der Waals surface area contributed by atoms with Gasteiger partial charge >= 0.3 is 0 Å². The Morgan fingerprint density at radius 1 is 1.36 bits per heavy atom. The molecule has 3 aliphatic rings. The minimum absolute atomic E-state index is 0.0514.